The Bertz CT molecular complexity index is 1540. The van der Waals surface area contributed by atoms with Crippen LogP contribution < -0.4 is 10.2 Å². The minimum atomic E-state index is -0.932. The summed E-state index contributed by atoms with van der Waals surface area (Å²) in [7, 11) is 0. The second kappa shape index (κ2) is 22.9. The quantitative estimate of drug-likeness (QED) is 0.0711. The van der Waals surface area contributed by atoms with Crippen LogP contribution in [0.2, 0.25) is 0 Å². The van der Waals surface area contributed by atoms with Crippen molar-refractivity contribution in [2.45, 2.75) is 65.2 Å². The first-order chi connectivity index (χ1) is 21.4. The van der Waals surface area contributed by atoms with Gasteiger partial charge in [0, 0.05) is 24.3 Å². The first-order valence-corrected chi connectivity index (χ1v) is 15.1. The van der Waals surface area contributed by atoms with Crippen LogP contribution in [0.5, 0.6) is 0 Å². The normalized spacial score (nSPS) is 9.78. The molecule has 2 aromatic heterocycles. The number of benzene rings is 4. The standard InChI is InChI=1S/2C13H8N.2C6H12O2.2Pd/c2*1-2-6-12-10(4-1)7-8-11-5-3-9-14-13(11)12;2*1-2-3-4-5-6(7)8;;/h2*1-5,7-9H;2*2-5H2,1H3,(H,7,8);;/q2*-1;;;2*+2/p-2. The summed E-state index contributed by atoms with van der Waals surface area (Å²) in [5, 5.41) is 26.5. The Labute approximate surface area is 299 Å². The van der Waals surface area contributed by atoms with E-state index in [9.17, 15) is 19.8 Å². The third kappa shape index (κ3) is 13.5. The van der Waals surface area contributed by atoms with Crippen molar-refractivity contribution in [2.24, 2.45) is 0 Å². The van der Waals surface area contributed by atoms with E-state index in [4.69, 9.17) is 0 Å². The van der Waals surface area contributed by atoms with Gasteiger partial charge in [0.15, 0.2) is 0 Å². The van der Waals surface area contributed by atoms with Gasteiger partial charge in [-0.3, -0.25) is 0 Å². The number of carbonyl (C=O) groups excluding carboxylic acids is 2. The monoisotopic (exact) mass is 798 g/mol. The van der Waals surface area contributed by atoms with Crippen LogP contribution in [-0.4, -0.2) is 21.9 Å². The number of hydrogen-bond donors (Lipinski definition) is 0. The van der Waals surface area contributed by atoms with Gasteiger partial charge in [-0.1, -0.05) is 75.9 Å². The molecule has 0 atom stereocenters. The number of aromatic nitrogens is 2. The molecule has 0 saturated heterocycles. The van der Waals surface area contributed by atoms with Gasteiger partial charge in [0.05, 0.1) is 0 Å². The SMILES string of the molecule is CCCCCC(=O)[O-].CCCCCC(=O)[O-].[Pd+2].[Pd+2].[c-]1cccc2ccc3cccnc3c12.[c-]1cccc2ccc3cccnc3c12. The number of carbonyl (C=O) groups is 2. The van der Waals surface area contributed by atoms with Crippen molar-refractivity contribution < 1.29 is 60.6 Å². The third-order valence-electron chi connectivity index (χ3n) is 6.78. The summed E-state index contributed by atoms with van der Waals surface area (Å²) < 4.78 is 0. The second-order valence-corrected chi connectivity index (χ2v) is 10.2. The molecule has 0 aliphatic rings. The summed E-state index contributed by atoms with van der Waals surface area (Å²) in [5.74, 6) is -1.86. The van der Waals surface area contributed by atoms with Crippen molar-refractivity contribution in [1.82, 2.24) is 9.97 Å². The first-order valence-electron chi connectivity index (χ1n) is 15.1. The number of nitrogens with zero attached hydrogens (tertiary/aromatic N) is 2. The van der Waals surface area contributed by atoms with Gasteiger partial charge in [0.2, 0.25) is 0 Å². The van der Waals surface area contributed by atoms with Crippen LogP contribution in [0.15, 0.2) is 97.3 Å². The summed E-state index contributed by atoms with van der Waals surface area (Å²) >= 11 is 0. The fraction of sp³-hybridized carbons (Fsp3) is 0.263. The third-order valence-corrected chi connectivity index (χ3v) is 6.78. The van der Waals surface area contributed by atoms with E-state index in [2.05, 4.69) is 70.6 Å². The molecule has 0 saturated carbocycles. The number of rotatable bonds is 8. The average molecular weight is 800 g/mol. The molecule has 0 fully saturated rings. The van der Waals surface area contributed by atoms with Gasteiger partial charge < -0.3 is 29.8 Å². The van der Waals surface area contributed by atoms with Gasteiger partial charge in [-0.05, 0) is 59.6 Å². The van der Waals surface area contributed by atoms with Crippen molar-refractivity contribution in [3.63, 3.8) is 0 Å². The Morgan fingerprint density at radius 2 is 0.935 bits per heavy atom. The first kappa shape index (κ1) is 40.5. The maximum absolute atomic E-state index is 9.76. The van der Waals surface area contributed by atoms with Crippen LogP contribution >= 0.6 is 0 Å². The van der Waals surface area contributed by atoms with E-state index < -0.39 is 11.9 Å². The van der Waals surface area contributed by atoms with E-state index in [0.717, 1.165) is 60.3 Å². The maximum atomic E-state index is 9.76. The number of unbranched alkanes of at least 4 members (excludes halogenated alkanes) is 4. The molecule has 0 aliphatic heterocycles. The van der Waals surface area contributed by atoms with Crippen LogP contribution in [0.4, 0.5) is 0 Å². The predicted molar refractivity (Wildman–Crippen MR) is 174 cm³/mol. The van der Waals surface area contributed by atoms with Crippen LogP contribution in [-0.2, 0) is 50.4 Å². The molecular formula is C38H38N2O4Pd2. The molecule has 0 spiro atoms. The van der Waals surface area contributed by atoms with Crippen LogP contribution in [0, 0.1) is 12.1 Å². The largest absolute Gasteiger partial charge is 2.00 e. The zero-order valence-corrected chi connectivity index (χ0v) is 29.2. The molecule has 0 radical (unpaired) electrons. The smallest absolute Gasteiger partial charge is 0.550 e. The molecule has 0 aliphatic carbocycles. The molecule has 244 valence electrons. The molecule has 0 unspecified atom stereocenters. The van der Waals surface area contributed by atoms with E-state index in [1.807, 2.05) is 62.6 Å². The zero-order chi connectivity index (χ0) is 31.6. The average Bonchev–Trinajstić information content (AvgIpc) is 3.05. The molecule has 0 amide bonds. The topological polar surface area (TPSA) is 106 Å². The molecule has 2 heterocycles. The number of hydrogen-bond acceptors (Lipinski definition) is 6. The molecular weight excluding hydrogens is 761 g/mol. The van der Waals surface area contributed by atoms with E-state index in [1.165, 1.54) is 21.5 Å². The Morgan fingerprint density at radius 3 is 1.30 bits per heavy atom. The molecule has 0 bridgehead atoms. The Hall–Kier alpha value is -3.52. The number of carboxylic acids is 2. The molecule has 4 aromatic carbocycles. The fourth-order valence-corrected chi connectivity index (χ4v) is 4.51. The fourth-order valence-electron chi connectivity index (χ4n) is 4.51. The summed E-state index contributed by atoms with van der Waals surface area (Å²) in [6.07, 6.45) is 9.72. The second-order valence-electron chi connectivity index (χ2n) is 10.2. The number of pyridine rings is 2. The summed E-state index contributed by atoms with van der Waals surface area (Å²) in [4.78, 5) is 28.3. The van der Waals surface area contributed by atoms with Crippen LogP contribution in [0.25, 0.3) is 43.4 Å². The Morgan fingerprint density at radius 1 is 0.565 bits per heavy atom. The number of carboxylic acid groups (broad SMARTS) is 2. The predicted octanol–water partition coefficient (Wildman–Crippen LogP) is 7.00. The molecule has 46 heavy (non-hydrogen) atoms. The van der Waals surface area contributed by atoms with Crippen molar-refractivity contribution in [1.29, 1.82) is 0 Å². The van der Waals surface area contributed by atoms with Gasteiger partial charge >= 0.3 is 40.8 Å². The Balaban J connectivity index is 0.000000315. The minimum absolute atomic E-state index is 0. The number of aliphatic carboxylic acids is 2. The molecule has 6 rings (SSSR count). The van der Waals surface area contributed by atoms with Gasteiger partial charge in [-0.2, -0.15) is 0 Å². The van der Waals surface area contributed by atoms with Gasteiger partial charge in [-0.25, -0.2) is 0 Å². The van der Waals surface area contributed by atoms with Crippen LogP contribution in [0.1, 0.15) is 65.2 Å². The van der Waals surface area contributed by atoms with Crippen LogP contribution in [0.3, 0.4) is 0 Å². The summed E-state index contributed by atoms with van der Waals surface area (Å²) in [5.41, 5.74) is 2.07. The molecule has 0 N–H and O–H groups in total. The Kier molecular flexibility index (Phi) is 20.2. The zero-order valence-electron chi connectivity index (χ0n) is 26.1. The van der Waals surface area contributed by atoms with Crippen molar-refractivity contribution in [3.8, 4) is 0 Å². The van der Waals surface area contributed by atoms with Crippen molar-refractivity contribution in [2.75, 3.05) is 0 Å². The van der Waals surface area contributed by atoms with E-state index in [1.54, 1.807) is 0 Å². The number of fused-ring (bicyclic) bond motifs is 6. The van der Waals surface area contributed by atoms with Gasteiger partial charge in [0.1, 0.15) is 0 Å². The van der Waals surface area contributed by atoms with Crippen molar-refractivity contribution in [3.05, 3.63) is 109 Å². The molecule has 8 heteroatoms. The molecule has 6 nitrogen and oxygen atoms in total. The van der Waals surface area contributed by atoms with Gasteiger partial charge in [0.25, 0.3) is 0 Å². The van der Waals surface area contributed by atoms with E-state index >= 15 is 0 Å². The minimum Gasteiger partial charge on any atom is -0.550 e. The summed E-state index contributed by atoms with van der Waals surface area (Å²) in [6, 6.07) is 34.9. The van der Waals surface area contributed by atoms with Gasteiger partial charge in [-0.15, -0.1) is 70.1 Å². The summed E-state index contributed by atoms with van der Waals surface area (Å²) in [6.45, 7) is 4.07. The van der Waals surface area contributed by atoms with E-state index in [0.29, 0.717) is 0 Å². The van der Waals surface area contributed by atoms with E-state index in [-0.39, 0.29) is 53.7 Å². The maximum Gasteiger partial charge on any atom is 2.00 e. The molecule has 6 aromatic rings. The van der Waals surface area contributed by atoms with Crippen molar-refractivity contribution >= 4 is 55.3 Å².